The molecule has 0 saturated heterocycles. The number of nitrogens with one attached hydrogen (secondary N) is 2. The molecule has 1 aromatic rings. The van der Waals surface area contributed by atoms with Crippen LogP contribution in [0.15, 0.2) is 24.3 Å². The molecule has 0 atom stereocenters. The van der Waals surface area contributed by atoms with Crippen LogP contribution in [0.2, 0.25) is 0 Å². The number of rotatable bonds is 5. The molecule has 0 aliphatic heterocycles. The molecule has 1 aliphatic carbocycles. The summed E-state index contributed by atoms with van der Waals surface area (Å²) >= 11 is 0. The van der Waals surface area contributed by atoms with Crippen molar-refractivity contribution in [3.05, 3.63) is 35.4 Å². The first kappa shape index (κ1) is 15.6. The van der Waals surface area contributed by atoms with E-state index in [2.05, 4.69) is 10.6 Å². The summed E-state index contributed by atoms with van der Waals surface area (Å²) in [5.41, 5.74) is -0.478. The zero-order valence-corrected chi connectivity index (χ0v) is 11.3. The number of alkyl halides is 3. The highest BCUT2D eigenvalue weighted by atomic mass is 19.4. The second kappa shape index (κ2) is 5.93. The lowest BCUT2D eigenvalue weighted by molar-refractivity contribution is -0.137. The summed E-state index contributed by atoms with van der Waals surface area (Å²) in [6, 6.07) is 4.82. The summed E-state index contributed by atoms with van der Waals surface area (Å²) in [5.74, 6) is 0. The van der Waals surface area contributed by atoms with E-state index in [1.54, 1.807) is 6.07 Å². The van der Waals surface area contributed by atoms with Crippen molar-refractivity contribution < 1.29 is 23.1 Å². The van der Waals surface area contributed by atoms with Crippen molar-refractivity contribution in [3.8, 4) is 0 Å². The largest absolute Gasteiger partial charge is 0.416 e. The van der Waals surface area contributed by atoms with Gasteiger partial charge in [-0.15, -0.1) is 0 Å². The highest BCUT2D eigenvalue weighted by Crippen LogP contribution is 2.48. The Morgan fingerprint density at radius 1 is 1.29 bits per heavy atom. The van der Waals surface area contributed by atoms with Crippen molar-refractivity contribution >= 4 is 6.03 Å². The smallest absolute Gasteiger partial charge is 0.395 e. The summed E-state index contributed by atoms with van der Waals surface area (Å²) in [4.78, 5) is 11.4. The Morgan fingerprint density at radius 2 is 2.00 bits per heavy atom. The van der Waals surface area contributed by atoms with Gasteiger partial charge >= 0.3 is 12.2 Å². The van der Waals surface area contributed by atoms with Crippen LogP contribution in [0.25, 0.3) is 0 Å². The molecule has 1 saturated carbocycles. The highest BCUT2D eigenvalue weighted by molar-refractivity contribution is 5.74. The number of benzene rings is 1. The van der Waals surface area contributed by atoms with E-state index in [9.17, 15) is 18.0 Å². The Balaban J connectivity index is 2.02. The van der Waals surface area contributed by atoms with Gasteiger partial charge in [0.05, 0.1) is 12.2 Å². The van der Waals surface area contributed by atoms with Crippen LogP contribution < -0.4 is 10.6 Å². The van der Waals surface area contributed by atoms with E-state index in [0.29, 0.717) is 5.56 Å². The van der Waals surface area contributed by atoms with Gasteiger partial charge < -0.3 is 15.7 Å². The predicted octanol–water partition coefficient (Wildman–Crippen LogP) is 2.03. The summed E-state index contributed by atoms with van der Waals surface area (Å²) in [5, 5.41) is 13.7. The van der Waals surface area contributed by atoms with Crippen molar-refractivity contribution in [1.29, 1.82) is 0 Å². The third-order valence-electron chi connectivity index (χ3n) is 3.64. The zero-order valence-electron chi connectivity index (χ0n) is 11.3. The molecule has 3 N–H and O–H groups in total. The van der Waals surface area contributed by atoms with Crippen LogP contribution in [0.4, 0.5) is 18.0 Å². The van der Waals surface area contributed by atoms with Gasteiger partial charge in [0.1, 0.15) is 0 Å². The summed E-state index contributed by atoms with van der Waals surface area (Å²) in [7, 11) is 0. The lowest BCUT2D eigenvalue weighted by Gasteiger charge is -2.18. The minimum atomic E-state index is -4.36. The van der Waals surface area contributed by atoms with Crippen LogP contribution in [0, 0.1) is 0 Å². The molecule has 4 nitrogen and oxygen atoms in total. The molecule has 116 valence electrons. The molecule has 21 heavy (non-hydrogen) atoms. The molecule has 0 spiro atoms. The molecule has 2 amide bonds. The van der Waals surface area contributed by atoms with Gasteiger partial charge in [0.15, 0.2) is 0 Å². The number of carbonyl (C=O) groups excluding carboxylic acids is 1. The molecule has 7 heteroatoms. The number of amides is 2. The van der Waals surface area contributed by atoms with Crippen LogP contribution >= 0.6 is 0 Å². The first-order valence-electron chi connectivity index (χ1n) is 6.68. The SMILES string of the molecule is O=C(NCCO)NCC1(c2cccc(C(F)(F)F)c2)CC1. The van der Waals surface area contributed by atoms with Gasteiger partial charge in [-0.25, -0.2) is 4.79 Å². The highest BCUT2D eigenvalue weighted by Gasteiger charge is 2.45. The molecule has 0 bridgehead atoms. The molecular weight excluding hydrogens is 285 g/mol. The maximum Gasteiger partial charge on any atom is 0.416 e. The molecular formula is C14H17F3N2O2. The second-order valence-electron chi connectivity index (χ2n) is 5.19. The fourth-order valence-corrected chi connectivity index (χ4v) is 2.23. The van der Waals surface area contributed by atoms with Crippen molar-refractivity contribution in [3.63, 3.8) is 0 Å². The molecule has 0 unspecified atom stereocenters. The number of hydrogen-bond donors (Lipinski definition) is 3. The van der Waals surface area contributed by atoms with Gasteiger partial charge in [-0.05, 0) is 24.5 Å². The number of hydrogen-bond acceptors (Lipinski definition) is 2. The van der Waals surface area contributed by atoms with E-state index in [4.69, 9.17) is 5.11 Å². The van der Waals surface area contributed by atoms with E-state index in [0.717, 1.165) is 25.0 Å². The number of halogens is 3. The standard InChI is InChI=1S/C14H17F3N2O2/c15-14(16,17)11-3-1-2-10(8-11)13(4-5-13)9-19-12(21)18-6-7-20/h1-3,8,20H,4-7,9H2,(H2,18,19,21). The first-order chi connectivity index (χ1) is 9.87. The summed E-state index contributed by atoms with van der Waals surface area (Å²) < 4.78 is 38.2. The quantitative estimate of drug-likeness (QED) is 0.779. The normalized spacial score (nSPS) is 16.4. The molecule has 0 heterocycles. The van der Waals surface area contributed by atoms with Crippen LogP contribution in [-0.4, -0.2) is 30.8 Å². The van der Waals surface area contributed by atoms with E-state index in [-0.39, 0.29) is 19.7 Å². The van der Waals surface area contributed by atoms with Gasteiger partial charge in [-0.1, -0.05) is 18.2 Å². The summed E-state index contributed by atoms with van der Waals surface area (Å²) in [6.07, 6.45) is -2.87. The minimum absolute atomic E-state index is 0.141. The minimum Gasteiger partial charge on any atom is -0.395 e. The molecule has 2 rings (SSSR count). The van der Waals surface area contributed by atoms with E-state index >= 15 is 0 Å². The molecule has 1 fully saturated rings. The number of carbonyl (C=O) groups is 1. The van der Waals surface area contributed by atoms with Gasteiger partial charge in [0.25, 0.3) is 0 Å². The summed E-state index contributed by atoms with van der Waals surface area (Å²) in [6.45, 7) is 0.264. The Hall–Kier alpha value is -1.76. The monoisotopic (exact) mass is 302 g/mol. The Morgan fingerprint density at radius 3 is 2.57 bits per heavy atom. The Kier molecular flexibility index (Phi) is 4.41. The van der Waals surface area contributed by atoms with Crippen molar-refractivity contribution in [1.82, 2.24) is 10.6 Å². The third-order valence-corrected chi connectivity index (χ3v) is 3.64. The van der Waals surface area contributed by atoms with Gasteiger partial charge in [0.2, 0.25) is 0 Å². The molecule has 1 aliphatic rings. The Bertz CT molecular complexity index is 513. The molecule has 0 aromatic heterocycles. The zero-order chi connectivity index (χ0) is 15.5. The lowest BCUT2D eigenvalue weighted by Crippen LogP contribution is -2.40. The van der Waals surface area contributed by atoms with Gasteiger partial charge in [-0.3, -0.25) is 0 Å². The maximum absolute atomic E-state index is 12.7. The third kappa shape index (κ3) is 3.87. The van der Waals surface area contributed by atoms with Gasteiger partial charge in [-0.2, -0.15) is 13.2 Å². The van der Waals surface area contributed by atoms with E-state index in [1.807, 2.05) is 0 Å². The van der Waals surface area contributed by atoms with Crippen LogP contribution in [0.1, 0.15) is 24.0 Å². The predicted molar refractivity (Wildman–Crippen MR) is 70.8 cm³/mol. The van der Waals surface area contributed by atoms with Crippen LogP contribution in [0.3, 0.4) is 0 Å². The molecule has 1 aromatic carbocycles. The Labute approximate surface area is 120 Å². The first-order valence-corrected chi connectivity index (χ1v) is 6.68. The topological polar surface area (TPSA) is 61.4 Å². The van der Waals surface area contributed by atoms with E-state index in [1.165, 1.54) is 6.07 Å². The van der Waals surface area contributed by atoms with Crippen molar-refractivity contribution in [2.45, 2.75) is 24.4 Å². The fraction of sp³-hybridized carbons (Fsp3) is 0.500. The molecule has 0 radical (unpaired) electrons. The van der Waals surface area contributed by atoms with Crippen LogP contribution in [-0.2, 0) is 11.6 Å². The number of urea groups is 1. The fourth-order valence-electron chi connectivity index (χ4n) is 2.23. The van der Waals surface area contributed by atoms with Gasteiger partial charge in [0, 0.05) is 18.5 Å². The lowest BCUT2D eigenvalue weighted by atomic mass is 9.94. The van der Waals surface area contributed by atoms with E-state index < -0.39 is 23.2 Å². The number of aliphatic hydroxyl groups is 1. The number of aliphatic hydroxyl groups excluding tert-OH is 1. The average Bonchev–Trinajstić information content (AvgIpc) is 3.23. The average molecular weight is 302 g/mol. The van der Waals surface area contributed by atoms with Crippen molar-refractivity contribution in [2.75, 3.05) is 19.7 Å². The van der Waals surface area contributed by atoms with Crippen LogP contribution in [0.5, 0.6) is 0 Å². The van der Waals surface area contributed by atoms with Crippen molar-refractivity contribution in [2.24, 2.45) is 0 Å². The second-order valence-corrected chi connectivity index (χ2v) is 5.19. The maximum atomic E-state index is 12.7.